The molecule has 0 spiro atoms. The van der Waals surface area contributed by atoms with E-state index in [9.17, 15) is 9.59 Å². The van der Waals surface area contributed by atoms with Crippen LogP contribution in [0, 0.1) is 6.92 Å². The molecule has 176 valence electrons. The number of benzene rings is 2. The van der Waals surface area contributed by atoms with E-state index in [1.807, 2.05) is 67.3 Å². The van der Waals surface area contributed by atoms with Gasteiger partial charge < -0.3 is 14.5 Å². The number of aryl methyl sites for hydroxylation is 1. The number of rotatable bonds is 2. The fourth-order valence-corrected chi connectivity index (χ4v) is 5.20. The summed E-state index contributed by atoms with van der Waals surface area (Å²) in [6.07, 6.45) is 6.72. The lowest BCUT2D eigenvalue weighted by molar-refractivity contribution is 0.0272. The molecule has 2 atom stereocenters. The quantitative estimate of drug-likeness (QED) is 0.612. The standard InChI is InChI=1S/C28H36N2O3/c1-3-29-19-11-4-12-20-30(28(32)22-14-6-5-13-21(22)2)24-16-8-10-18-26(24)33-25-17-9-7-15-23(25)27(29)31/h5-7,9,13-15,17,24,26H,3-4,8,10-12,16,18-20H2,1-2H3/t24-,26+/m1/s1. The summed E-state index contributed by atoms with van der Waals surface area (Å²) in [6.45, 7) is 6.15. The van der Waals surface area contributed by atoms with Crippen LogP contribution in [-0.4, -0.2) is 53.4 Å². The summed E-state index contributed by atoms with van der Waals surface area (Å²) < 4.78 is 6.58. The maximum absolute atomic E-state index is 13.8. The molecule has 0 saturated heterocycles. The summed E-state index contributed by atoms with van der Waals surface area (Å²) in [4.78, 5) is 31.1. The lowest BCUT2D eigenvalue weighted by Gasteiger charge is -2.40. The van der Waals surface area contributed by atoms with Crippen LogP contribution in [-0.2, 0) is 0 Å². The summed E-state index contributed by atoms with van der Waals surface area (Å²) >= 11 is 0. The average molecular weight is 449 g/mol. The number of para-hydroxylation sites is 1. The van der Waals surface area contributed by atoms with Gasteiger partial charge in [-0.3, -0.25) is 9.59 Å². The second-order valence-corrected chi connectivity index (χ2v) is 9.26. The fraction of sp³-hybridized carbons (Fsp3) is 0.500. The summed E-state index contributed by atoms with van der Waals surface area (Å²) in [5.41, 5.74) is 2.41. The van der Waals surface area contributed by atoms with Gasteiger partial charge in [0.2, 0.25) is 0 Å². The predicted octanol–water partition coefficient (Wildman–Crippen LogP) is 5.47. The molecule has 2 aromatic carbocycles. The van der Waals surface area contributed by atoms with Gasteiger partial charge in [0.05, 0.1) is 11.6 Å². The Bertz CT molecular complexity index is 973. The number of hydrogen-bond donors (Lipinski definition) is 0. The van der Waals surface area contributed by atoms with E-state index < -0.39 is 0 Å². The molecule has 33 heavy (non-hydrogen) atoms. The second kappa shape index (κ2) is 10.9. The smallest absolute Gasteiger partial charge is 0.257 e. The molecule has 5 nitrogen and oxygen atoms in total. The number of hydrogen-bond acceptors (Lipinski definition) is 3. The summed E-state index contributed by atoms with van der Waals surface area (Å²) in [5, 5.41) is 0. The minimum atomic E-state index is -0.114. The lowest BCUT2D eigenvalue weighted by Crippen LogP contribution is -2.51. The van der Waals surface area contributed by atoms with Crippen molar-refractivity contribution in [1.82, 2.24) is 9.80 Å². The molecule has 1 fully saturated rings. The van der Waals surface area contributed by atoms with E-state index in [-0.39, 0.29) is 24.0 Å². The third kappa shape index (κ3) is 5.23. The molecular formula is C28H36N2O3. The number of ether oxygens (including phenoxy) is 1. The van der Waals surface area contributed by atoms with Gasteiger partial charge in [-0.05, 0) is 76.1 Å². The third-order valence-electron chi connectivity index (χ3n) is 7.10. The van der Waals surface area contributed by atoms with E-state index in [0.717, 1.165) is 69.2 Å². The van der Waals surface area contributed by atoms with Gasteiger partial charge in [0, 0.05) is 25.2 Å². The molecule has 0 radical (unpaired) electrons. The highest BCUT2D eigenvalue weighted by Crippen LogP contribution is 2.31. The Morgan fingerprint density at radius 1 is 0.939 bits per heavy atom. The highest BCUT2D eigenvalue weighted by Gasteiger charge is 2.36. The molecule has 2 aromatic rings. The van der Waals surface area contributed by atoms with Crippen molar-refractivity contribution in [2.75, 3.05) is 19.6 Å². The van der Waals surface area contributed by atoms with Crippen LogP contribution in [0.25, 0.3) is 0 Å². The van der Waals surface area contributed by atoms with Crippen LogP contribution < -0.4 is 4.74 Å². The summed E-state index contributed by atoms with van der Waals surface area (Å²) in [6, 6.07) is 15.5. The zero-order valence-electron chi connectivity index (χ0n) is 20.0. The van der Waals surface area contributed by atoms with E-state index in [4.69, 9.17) is 4.74 Å². The topological polar surface area (TPSA) is 49.9 Å². The van der Waals surface area contributed by atoms with E-state index >= 15 is 0 Å². The zero-order chi connectivity index (χ0) is 23.2. The van der Waals surface area contributed by atoms with E-state index in [1.165, 1.54) is 0 Å². The van der Waals surface area contributed by atoms with Gasteiger partial charge in [-0.25, -0.2) is 0 Å². The van der Waals surface area contributed by atoms with Gasteiger partial charge in [0.25, 0.3) is 11.8 Å². The Labute approximate surface area is 197 Å². The minimum Gasteiger partial charge on any atom is -0.487 e. The predicted molar refractivity (Wildman–Crippen MR) is 131 cm³/mol. The summed E-state index contributed by atoms with van der Waals surface area (Å²) in [7, 11) is 0. The second-order valence-electron chi connectivity index (χ2n) is 9.26. The van der Waals surface area contributed by atoms with Crippen molar-refractivity contribution in [1.29, 1.82) is 0 Å². The molecule has 5 heteroatoms. The molecule has 1 aliphatic heterocycles. The fourth-order valence-electron chi connectivity index (χ4n) is 5.20. The lowest BCUT2D eigenvalue weighted by atomic mass is 9.90. The molecule has 1 aliphatic carbocycles. The Hall–Kier alpha value is -2.82. The SMILES string of the molecule is CCN1CCCCCN(C(=O)c2ccccc2C)[C@@H]2CCCC[C@@H]2Oc2ccccc2C1=O. The van der Waals surface area contributed by atoms with Crippen LogP contribution >= 0.6 is 0 Å². The molecule has 1 saturated carbocycles. The first kappa shape index (κ1) is 23.3. The number of carbonyl (C=O) groups is 2. The Kier molecular flexibility index (Phi) is 7.69. The van der Waals surface area contributed by atoms with Crippen LogP contribution in [0.1, 0.15) is 78.1 Å². The van der Waals surface area contributed by atoms with Crippen molar-refractivity contribution < 1.29 is 14.3 Å². The van der Waals surface area contributed by atoms with E-state index in [1.54, 1.807) is 0 Å². The normalized spacial score (nSPS) is 22.2. The van der Waals surface area contributed by atoms with Crippen molar-refractivity contribution in [3.05, 3.63) is 65.2 Å². The average Bonchev–Trinajstić information content (AvgIpc) is 2.85. The van der Waals surface area contributed by atoms with Gasteiger partial charge in [0.1, 0.15) is 11.9 Å². The molecule has 0 N–H and O–H groups in total. The number of fused-ring (bicyclic) bond motifs is 2. The first-order valence-corrected chi connectivity index (χ1v) is 12.5. The highest BCUT2D eigenvalue weighted by molar-refractivity contribution is 5.97. The number of nitrogens with zero attached hydrogens (tertiary/aromatic N) is 2. The van der Waals surface area contributed by atoms with Gasteiger partial charge in [-0.1, -0.05) is 36.8 Å². The van der Waals surface area contributed by atoms with Gasteiger partial charge >= 0.3 is 0 Å². The zero-order valence-corrected chi connectivity index (χ0v) is 20.0. The Morgan fingerprint density at radius 2 is 1.67 bits per heavy atom. The Morgan fingerprint density at radius 3 is 2.48 bits per heavy atom. The van der Waals surface area contributed by atoms with Crippen LogP contribution in [0.15, 0.2) is 48.5 Å². The maximum atomic E-state index is 13.8. The largest absolute Gasteiger partial charge is 0.487 e. The van der Waals surface area contributed by atoms with Crippen molar-refractivity contribution >= 4 is 11.8 Å². The molecule has 1 heterocycles. The molecule has 0 aromatic heterocycles. The molecule has 0 bridgehead atoms. The minimum absolute atomic E-state index is 0.0112. The first-order valence-electron chi connectivity index (χ1n) is 12.5. The molecule has 2 aliphatic rings. The van der Waals surface area contributed by atoms with E-state index in [2.05, 4.69) is 4.90 Å². The van der Waals surface area contributed by atoms with Crippen LogP contribution in [0.4, 0.5) is 0 Å². The van der Waals surface area contributed by atoms with Crippen LogP contribution in [0.3, 0.4) is 0 Å². The third-order valence-corrected chi connectivity index (χ3v) is 7.10. The van der Waals surface area contributed by atoms with E-state index in [0.29, 0.717) is 17.9 Å². The monoisotopic (exact) mass is 448 g/mol. The molecular weight excluding hydrogens is 412 g/mol. The maximum Gasteiger partial charge on any atom is 0.257 e. The van der Waals surface area contributed by atoms with Gasteiger partial charge in [-0.15, -0.1) is 0 Å². The van der Waals surface area contributed by atoms with Crippen molar-refractivity contribution in [2.45, 2.75) is 70.9 Å². The van der Waals surface area contributed by atoms with Gasteiger partial charge in [-0.2, -0.15) is 0 Å². The summed E-state index contributed by atoms with van der Waals surface area (Å²) in [5.74, 6) is 0.774. The van der Waals surface area contributed by atoms with Crippen molar-refractivity contribution in [2.24, 2.45) is 0 Å². The molecule has 2 amide bonds. The van der Waals surface area contributed by atoms with Gasteiger partial charge in [0.15, 0.2) is 0 Å². The van der Waals surface area contributed by atoms with Crippen molar-refractivity contribution in [3.63, 3.8) is 0 Å². The van der Waals surface area contributed by atoms with Crippen LogP contribution in [0.2, 0.25) is 0 Å². The highest BCUT2D eigenvalue weighted by atomic mass is 16.5. The molecule has 0 unspecified atom stereocenters. The Balaban J connectivity index is 1.70. The molecule has 4 rings (SSSR count). The van der Waals surface area contributed by atoms with Crippen LogP contribution in [0.5, 0.6) is 5.75 Å². The number of amides is 2. The first-order chi connectivity index (χ1) is 16.1. The van der Waals surface area contributed by atoms with Crippen molar-refractivity contribution in [3.8, 4) is 5.75 Å². The number of carbonyl (C=O) groups excluding carboxylic acids is 2.